The fraction of sp³-hybridized carbons (Fsp3) is 0.500. The summed E-state index contributed by atoms with van der Waals surface area (Å²) in [6, 6.07) is 0. The monoisotopic (exact) mass is 306 g/mol. The van der Waals surface area contributed by atoms with Crippen molar-refractivity contribution in [2.45, 2.75) is 26.7 Å². The third kappa shape index (κ3) is 2.65. The molecule has 2 aromatic rings. The van der Waals surface area contributed by atoms with Gasteiger partial charge in [-0.2, -0.15) is 0 Å². The number of anilines is 1. The lowest BCUT2D eigenvalue weighted by molar-refractivity contribution is -0.122. The first-order valence-corrected chi connectivity index (χ1v) is 7.87. The predicted molar refractivity (Wildman–Crippen MR) is 81.2 cm³/mol. The Morgan fingerprint density at radius 1 is 1.43 bits per heavy atom. The van der Waals surface area contributed by atoms with Crippen molar-refractivity contribution in [2.24, 2.45) is 11.7 Å². The fourth-order valence-electron chi connectivity index (χ4n) is 2.73. The van der Waals surface area contributed by atoms with Crippen LogP contribution >= 0.6 is 11.3 Å². The Kier molecular flexibility index (Phi) is 3.67. The predicted octanol–water partition coefficient (Wildman–Crippen LogP) is 2.12. The second-order valence-corrected chi connectivity index (χ2v) is 6.21. The van der Waals surface area contributed by atoms with E-state index < -0.39 is 0 Å². The fourth-order valence-corrected chi connectivity index (χ4v) is 3.60. The molecule has 0 unspecified atom stereocenters. The average molecular weight is 306 g/mol. The van der Waals surface area contributed by atoms with E-state index in [-0.39, 0.29) is 11.8 Å². The Bertz CT molecular complexity index is 636. The SMILES string of the molecule is Cc1noc(C)c1-c1csc(N2CCC(C(N)=O)CC2)n1. The third-order valence-corrected chi connectivity index (χ3v) is 4.85. The topological polar surface area (TPSA) is 85.3 Å². The molecular formula is C14H18N4O2S. The molecule has 21 heavy (non-hydrogen) atoms. The minimum absolute atomic E-state index is 0.00300. The van der Waals surface area contributed by atoms with Crippen molar-refractivity contribution in [1.29, 1.82) is 0 Å². The number of carbonyl (C=O) groups is 1. The van der Waals surface area contributed by atoms with E-state index in [4.69, 9.17) is 15.2 Å². The summed E-state index contributed by atoms with van der Waals surface area (Å²) in [7, 11) is 0. The number of carbonyl (C=O) groups excluding carboxylic acids is 1. The Morgan fingerprint density at radius 2 is 2.14 bits per heavy atom. The van der Waals surface area contributed by atoms with Crippen molar-refractivity contribution in [3.63, 3.8) is 0 Å². The first-order chi connectivity index (χ1) is 10.1. The molecule has 1 fully saturated rings. The molecule has 2 aromatic heterocycles. The highest BCUT2D eigenvalue weighted by molar-refractivity contribution is 7.14. The Hall–Kier alpha value is -1.89. The molecular weight excluding hydrogens is 288 g/mol. The number of nitrogens with two attached hydrogens (primary N) is 1. The zero-order valence-corrected chi connectivity index (χ0v) is 12.9. The molecule has 6 nitrogen and oxygen atoms in total. The van der Waals surface area contributed by atoms with Gasteiger partial charge in [0, 0.05) is 24.4 Å². The van der Waals surface area contributed by atoms with E-state index in [2.05, 4.69) is 10.1 Å². The van der Waals surface area contributed by atoms with Gasteiger partial charge in [-0.15, -0.1) is 11.3 Å². The summed E-state index contributed by atoms with van der Waals surface area (Å²) in [5.41, 5.74) is 8.11. The average Bonchev–Trinajstić information content (AvgIpc) is 3.06. The van der Waals surface area contributed by atoms with Crippen LogP contribution < -0.4 is 10.6 Å². The molecule has 1 aliphatic heterocycles. The largest absolute Gasteiger partial charge is 0.369 e. The van der Waals surface area contributed by atoms with Gasteiger partial charge in [-0.3, -0.25) is 4.79 Å². The lowest BCUT2D eigenvalue weighted by Gasteiger charge is -2.30. The van der Waals surface area contributed by atoms with E-state index in [9.17, 15) is 4.79 Å². The molecule has 112 valence electrons. The molecule has 0 bridgehead atoms. The van der Waals surface area contributed by atoms with Gasteiger partial charge in [-0.1, -0.05) is 5.16 Å². The highest BCUT2D eigenvalue weighted by atomic mass is 32.1. The Morgan fingerprint density at radius 3 is 2.71 bits per heavy atom. The van der Waals surface area contributed by atoms with E-state index in [1.165, 1.54) is 0 Å². The van der Waals surface area contributed by atoms with Crippen molar-refractivity contribution in [2.75, 3.05) is 18.0 Å². The lowest BCUT2D eigenvalue weighted by Crippen LogP contribution is -2.38. The highest BCUT2D eigenvalue weighted by Gasteiger charge is 2.25. The molecule has 0 aliphatic carbocycles. The smallest absolute Gasteiger partial charge is 0.220 e. The van der Waals surface area contributed by atoms with Crippen LogP contribution in [0.15, 0.2) is 9.90 Å². The van der Waals surface area contributed by atoms with E-state index in [0.717, 1.165) is 53.8 Å². The minimum atomic E-state index is -0.190. The summed E-state index contributed by atoms with van der Waals surface area (Å²) in [4.78, 5) is 18.1. The van der Waals surface area contributed by atoms with Gasteiger partial charge in [0.15, 0.2) is 5.13 Å². The first kappa shape index (κ1) is 14.1. The van der Waals surface area contributed by atoms with Gasteiger partial charge in [-0.25, -0.2) is 4.98 Å². The third-order valence-electron chi connectivity index (χ3n) is 3.95. The van der Waals surface area contributed by atoms with Crippen LogP contribution in [0.3, 0.4) is 0 Å². The molecule has 0 atom stereocenters. The second-order valence-electron chi connectivity index (χ2n) is 5.38. The normalized spacial score (nSPS) is 16.4. The van der Waals surface area contributed by atoms with Crippen LogP contribution in [0.1, 0.15) is 24.3 Å². The molecule has 1 aliphatic rings. The summed E-state index contributed by atoms with van der Waals surface area (Å²) < 4.78 is 5.19. The summed E-state index contributed by atoms with van der Waals surface area (Å²) in [6.07, 6.45) is 1.60. The standard InChI is InChI=1S/C14H18N4O2S/c1-8-12(9(2)20-17-8)11-7-21-14(16-11)18-5-3-10(4-6-18)13(15)19/h7,10H,3-6H2,1-2H3,(H2,15,19). The number of hydrogen-bond acceptors (Lipinski definition) is 6. The van der Waals surface area contributed by atoms with Gasteiger partial charge in [0.2, 0.25) is 5.91 Å². The maximum atomic E-state index is 11.2. The van der Waals surface area contributed by atoms with Crippen molar-refractivity contribution < 1.29 is 9.32 Å². The van der Waals surface area contributed by atoms with Crippen molar-refractivity contribution >= 4 is 22.4 Å². The number of primary amides is 1. The number of aryl methyl sites for hydroxylation is 2. The quantitative estimate of drug-likeness (QED) is 0.938. The van der Waals surface area contributed by atoms with Crippen LogP contribution in [-0.2, 0) is 4.79 Å². The zero-order valence-electron chi connectivity index (χ0n) is 12.1. The summed E-state index contributed by atoms with van der Waals surface area (Å²) >= 11 is 1.61. The maximum Gasteiger partial charge on any atom is 0.220 e. The molecule has 0 aromatic carbocycles. The van der Waals surface area contributed by atoms with E-state index in [1.807, 2.05) is 19.2 Å². The number of rotatable bonds is 3. The van der Waals surface area contributed by atoms with Crippen molar-refractivity contribution in [3.8, 4) is 11.3 Å². The van der Waals surface area contributed by atoms with E-state index >= 15 is 0 Å². The van der Waals surface area contributed by atoms with Gasteiger partial charge in [0.05, 0.1) is 17.0 Å². The summed E-state index contributed by atoms with van der Waals surface area (Å²) in [5, 5.41) is 6.98. The van der Waals surface area contributed by atoms with E-state index in [1.54, 1.807) is 11.3 Å². The second kappa shape index (κ2) is 5.48. The summed E-state index contributed by atoms with van der Waals surface area (Å²) in [5.74, 6) is 0.602. The maximum absolute atomic E-state index is 11.2. The van der Waals surface area contributed by atoms with Crippen LogP contribution in [0.4, 0.5) is 5.13 Å². The van der Waals surface area contributed by atoms with E-state index in [0.29, 0.717) is 0 Å². The number of thiazole rings is 1. The number of nitrogens with zero attached hydrogens (tertiary/aromatic N) is 3. The van der Waals surface area contributed by atoms with Gasteiger partial charge in [0.1, 0.15) is 5.76 Å². The lowest BCUT2D eigenvalue weighted by atomic mass is 9.97. The minimum Gasteiger partial charge on any atom is -0.369 e. The first-order valence-electron chi connectivity index (χ1n) is 6.99. The molecule has 1 amide bonds. The molecule has 3 heterocycles. The number of aromatic nitrogens is 2. The van der Waals surface area contributed by atoms with Gasteiger partial charge in [0.25, 0.3) is 0 Å². The van der Waals surface area contributed by atoms with Gasteiger partial charge >= 0.3 is 0 Å². The molecule has 7 heteroatoms. The molecule has 0 spiro atoms. The molecule has 1 saturated heterocycles. The Balaban J connectivity index is 1.76. The number of hydrogen-bond donors (Lipinski definition) is 1. The Labute approximate surface area is 126 Å². The van der Waals surface area contributed by atoms with Crippen LogP contribution in [0.2, 0.25) is 0 Å². The molecule has 3 rings (SSSR count). The van der Waals surface area contributed by atoms with Crippen molar-refractivity contribution in [3.05, 3.63) is 16.8 Å². The van der Waals surface area contributed by atoms with Gasteiger partial charge < -0.3 is 15.2 Å². The zero-order chi connectivity index (χ0) is 15.0. The van der Waals surface area contributed by atoms with Crippen LogP contribution in [-0.4, -0.2) is 29.1 Å². The number of amides is 1. The van der Waals surface area contributed by atoms with Gasteiger partial charge in [-0.05, 0) is 26.7 Å². The molecule has 2 N–H and O–H groups in total. The molecule has 0 saturated carbocycles. The highest BCUT2D eigenvalue weighted by Crippen LogP contribution is 2.33. The molecule has 0 radical (unpaired) electrons. The summed E-state index contributed by atoms with van der Waals surface area (Å²) in [6.45, 7) is 5.46. The van der Waals surface area contributed by atoms with Crippen LogP contribution in [0, 0.1) is 19.8 Å². The van der Waals surface area contributed by atoms with Crippen molar-refractivity contribution in [1.82, 2.24) is 10.1 Å². The number of piperidine rings is 1. The van der Waals surface area contributed by atoms with Crippen LogP contribution in [0.25, 0.3) is 11.3 Å². The van der Waals surface area contributed by atoms with Crippen LogP contribution in [0.5, 0.6) is 0 Å².